The normalized spacial score (nSPS) is 13.3. The number of rotatable bonds is 1. The van der Waals surface area contributed by atoms with Crippen molar-refractivity contribution in [2.24, 2.45) is 5.41 Å². The Morgan fingerprint density at radius 1 is 1.14 bits per heavy atom. The van der Waals surface area contributed by atoms with Crippen LogP contribution in [-0.2, 0) is 11.8 Å². The summed E-state index contributed by atoms with van der Waals surface area (Å²) < 4.78 is 5.32. The third-order valence-corrected chi connectivity index (χ3v) is 2.14. The summed E-state index contributed by atoms with van der Waals surface area (Å²) in [6, 6.07) is 0. The number of hydrogen-bond acceptors (Lipinski definition) is 2. The first-order valence-corrected chi connectivity index (χ1v) is 5.14. The van der Waals surface area contributed by atoms with Crippen molar-refractivity contribution in [1.82, 2.24) is 5.16 Å². The summed E-state index contributed by atoms with van der Waals surface area (Å²) in [6.45, 7) is 13.2. The van der Waals surface area contributed by atoms with Crippen molar-refractivity contribution in [2.45, 2.75) is 53.4 Å². The highest BCUT2D eigenvalue weighted by molar-refractivity contribution is 5.23. The van der Waals surface area contributed by atoms with Crippen LogP contribution in [0.3, 0.4) is 0 Å². The van der Waals surface area contributed by atoms with Crippen molar-refractivity contribution in [3.05, 3.63) is 17.5 Å². The molecular formula is C12H21NO. The summed E-state index contributed by atoms with van der Waals surface area (Å²) in [4.78, 5) is 0. The summed E-state index contributed by atoms with van der Waals surface area (Å²) in [5.74, 6) is 1.03. The molecule has 0 amide bonds. The van der Waals surface area contributed by atoms with Gasteiger partial charge in [-0.05, 0) is 10.8 Å². The molecule has 0 aromatic carbocycles. The third-order valence-electron chi connectivity index (χ3n) is 2.14. The van der Waals surface area contributed by atoms with Gasteiger partial charge in [0.15, 0.2) is 0 Å². The van der Waals surface area contributed by atoms with Crippen LogP contribution in [0.1, 0.15) is 52.9 Å². The molecule has 0 saturated carbocycles. The van der Waals surface area contributed by atoms with Crippen molar-refractivity contribution in [2.75, 3.05) is 0 Å². The van der Waals surface area contributed by atoms with E-state index in [4.69, 9.17) is 4.52 Å². The summed E-state index contributed by atoms with van der Waals surface area (Å²) >= 11 is 0. The van der Waals surface area contributed by atoms with Crippen LogP contribution in [0.5, 0.6) is 0 Å². The molecular weight excluding hydrogens is 174 g/mol. The van der Waals surface area contributed by atoms with Crippen LogP contribution in [0, 0.1) is 5.41 Å². The first kappa shape index (κ1) is 11.3. The van der Waals surface area contributed by atoms with Gasteiger partial charge in [-0.15, -0.1) is 0 Å². The summed E-state index contributed by atoms with van der Waals surface area (Å²) in [6.07, 6.45) is 2.79. The molecule has 1 aromatic rings. The Morgan fingerprint density at radius 2 is 1.71 bits per heavy atom. The zero-order chi connectivity index (χ0) is 11.0. The SMILES string of the molecule is CC(C)(C)Cc1oncc1C(C)(C)C. The molecule has 80 valence electrons. The predicted molar refractivity (Wildman–Crippen MR) is 58.4 cm³/mol. The van der Waals surface area contributed by atoms with Gasteiger partial charge < -0.3 is 4.52 Å². The fraction of sp³-hybridized carbons (Fsp3) is 0.750. The Hall–Kier alpha value is -0.790. The molecule has 0 N–H and O–H groups in total. The monoisotopic (exact) mass is 195 g/mol. The Balaban J connectivity index is 2.95. The number of aromatic nitrogens is 1. The van der Waals surface area contributed by atoms with E-state index in [2.05, 4.69) is 46.7 Å². The van der Waals surface area contributed by atoms with E-state index in [0.29, 0.717) is 0 Å². The minimum atomic E-state index is 0.126. The molecule has 0 spiro atoms. The average molecular weight is 195 g/mol. The molecule has 1 rings (SSSR count). The van der Waals surface area contributed by atoms with Gasteiger partial charge in [0.25, 0.3) is 0 Å². The highest BCUT2D eigenvalue weighted by Crippen LogP contribution is 2.30. The largest absolute Gasteiger partial charge is 0.361 e. The Bertz CT molecular complexity index is 299. The second kappa shape index (κ2) is 3.41. The molecule has 1 heterocycles. The zero-order valence-corrected chi connectivity index (χ0v) is 10.1. The van der Waals surface area contributed by atoms with Crippen molar-refractivity contribution in [3.63, 3.8) is 0 Å². The van der Waals surface area contributed by atoms with E-state index in [1.54, 1.807) is 0 Å². The van der Waals surface area contributed by atoms with Crippen LogP contribution < -0.4 is 0 Å². The molecule has 2 heteroatoms. The summed E-state index contributed by atoms with van der Waals surface area (Å²) in [7, 11) is 0. The van der Waals surface area contributed by atoms with Crippen LogP contribution in [0.4, 0.5) is 0 Å². The molecule has 0 radical (unpaired) electrons. The van der Waals surface area contributed by atoms with E-state index in [0.717, 1.165) is 12.2 Å². The van der Waals surface area contributed by atoms with E-state index < -0.39 is 0 Å². The van der Waals surface area contributed by atoms with E-state index in [1.165, 1.54) is 5.56 Å². The van der Waals surface area contributed by atoms with E-state index in [1.807, 2.05) is 6.20 Å². The lowest BCUT2D eigenvalue weighted by atomic mass is 9.83. The predicted octanol–water partition coefficient (Wildman–Crippen LogP) is 3.56. The fourth-order valence-corrected chi connectivity index (χ4v) is 1.48. The summed E-state index contributed by atoms with van der Waals surface area (Å²) in [5, 5.41) is 3.90. The van der Waals surface area contributed by atoms with Crippen LogP contribution in [0.15, 0.2) is 10.7 Å². The second-order valence-electron chi connectivity index (χ2n) is 6.15. The fourth-order valence-electron chi connectivity index (χ4n) is 1.48. The Kier molecular flexibility index (Phi) is 2.75. The molecule has 0 fully saturated rings. The molecule has 0 aliphatic rings. The minimum absolute atomic E-state index is 0.126. The molecule has 0 unspecified atom stereocenters. The third kappa shape index (κ3) is 2.86. The Labute approximate surface area is 86.7 Å². The van der Waals surface area contributed by atoms with Gasteiger partial charge in [-0.1, -0.05) is 46.7 Å². The number of nitrogens with zero attached hydrogens (tertiary/aromatic N) is 1. The molecule has 14 heavy (non-hydrogen) atoms. The van der Waals surface area contributed by atoms with Gasteiger partial charge in [0.05, 0.1) is 6.20 Å². The van der Waals surface area contributed by atoms with Gasteiger partial charge in [-0.2, -0.15) is 0 Å². The lowest BCUT2D eigenvalue weighted by molar-refractivity contribution is 0.315. The Morgan fingerprint density at radius 3 is 2.14 bits per heavy atom. The van der Waals surface area contributed by atoms with Gasteiger partial charge in [-0.3, -0.25) is 0 Å². The van der Waals surface area contributed by atoms with E-state index in [9.17, 15) is 0 Å². The van der Waals surface area contributed by atoms with Gasteiger partial charge in [0.2, 0.25) is 0 Å². The van der Waals surface area contributed by atoms with E-state index in [-0.39, 0.29) is 10.8 Å². The van der Waals surface area contributed by atoms with Crippen molar-refractivity contribution in [1.29, 1.82) is 0 Å². The molecule has 0 saturated heterocycles. The van der Waals surface area contributed by atoms with Crippen LogP contribution in [0.2, 0.25) is 0 Å². The molecule has 0 aliphatic heterocycles. The summed E-state index contributed by atoms with van der Waals surface area (Å²) in [5.41, 5.74) is 1.60. The van der Waals surface area contributed by atoms with Gasteiger partial charge in [-0.25, -0.2) is 0 Å². The lowest BCUT2D eigenvalue weighted by Crippen LogP contribution is -2.16. The molecule has 0 aliphatic carbocycles. The van der Waals surface area contributed by atoms with Crippen molar-refractivity contribution in [3.8, 4) is 0 Å². The van der Waals surface area contributed by atoms with Crippen LogP contribution in [-0.4, -0.2) is 5.16 Å². The van der Waals surface area contributed by atoms with Crippen LogP contribution in [0.25, 0.3) is 0 Å². The quantitative estimate of drug-likeness (QED) is 0.684. The lowest BCUT2D eigenvalue weighted by Gasteiger charge is -2.21. The average Bonchev–Trinajstić information content (AvgIpc) is 2.29. The first-order chi connectivity index (χ1) is 6.20. The topological polar surface area (TPSA) is 26.0 Å². The second-order valence-corrected chi connectivity index (χ2v) is 6.15. The maximum Gasteiger partial charge on any atom is 0.140 e. The standard InChI is InChI=1S/C12H21NO/c1-11(2,3)7-10-9(8-13-14-10)12(4,5)6/h8H,7H2,1-6H3. The highest BCUT2D eigenvalue weighted by atomic mass is 16.5. The number of hydrogen-bond donors (Lipinski definition) is 0. The smallest absolute Gasteiger partial charge is 0.140 e. The zero-order valence-electron chi connectivity index (χ0n) is 10.1. The molecule has 1 aromatic heterocycles. The van der Waals surface area contributed by atoms with Crippen molar-refractivity contribution >= 4 is 0 Å². The maximum absolute atomic E-state index is 5.32. The molecule has 0 bridgehead atoms. The minimum Gasteiger partial charge on any atom is -0.361 e. The molecule has 0 atom stereocenters. The van der Waals surface area contributed by atoms with Crippen molar-refractivity contribution < 1.29 is 4.52 Å². The van der Waals surface area contributed by atoms with Gasteiger partial charge in [0, 0.05) is 12.0 Å². The van der Waals surface area contributed by atoms with Crippen LogP contribution >= 0.6 is 0 Å². The molecule has 2 nitrogen and oxygen atoms in total. The maximum atomic E-state index is 5.32. The highest BCUT2D eigenvalue weighted by Gasteiger charge is 2.24. The first-order valence-electron chi connectivity index (χ1n) is 5.14. The van der Waals surface area contributed by atoms with Gasteiger partial charge >= 0.3 is 0 Å². The van der Waals surface area contributed by atoms with Gasteiger partial charge in [0.1, 0.15) is 5.76 Å². The van der Waals surface area contributed by atoms with E-state index >= 15 is 0 Å².